The van der Waals surface area contributed by atoms with Crippen molar-refractivity contribution < 1.29 is 14.3 Å². The smallest absolute Gasteiger partial charge is 0.338 e. The molecule has 2 aromatic carbocycles. The molecule has 0 bridgehead atoms. The lowest BCUT2D eigenvalue weighted by molar-refractivity contribution is -0.130. The summed E-state index contributed by atoms with van der Waals surface area (Å²) in [5.74, 6) is 0.922. The molecule has 0 aliphatic rings. The maximum absolute atomic E-state index is 11.8. The zero-order chi connectivity index (χ0) is 14.9. The zero-order valence-corrected chi connectivity index (χ0v) is 12.2. The van der Waals surface area contributed by atoms with Crippen LogP contribution in [0.1, 0.15) is 18.1 Å². The van der Waals surface area contributed by atoms with Gasteiger partial charge in [-0.05, 0) is 38.5 Å². The van der Waals surface area contributed by atoms with Crippen LogP contribution in [0.5, 0.6) is 11.5 Å². The Kier molecular flexibility index (Phi) is 3.79. The van der Waals surface area contributed by atoms with E-state index in [1.54, 1.807) is 14.0 Å². The predicted octanol–water partition coefficient (Wildman–Crippen LogP) is 3.95. The van der Waals surface area contributed by atoms with Crippen LogP contribution in [0.4, 0.5) is 0 Å². The van der Waals surface area contributed by atoms with Crippen LogP contribution in [-0.4, -0.2) is 13.1 Å². The highest BCUT2D eigenvalue weighted by atomic mass is 16.5. The summed E-state index contributed by atoms with van der Waals surface area (Å²) >= 11 is 0. The summed E-state index contributed by atoms with van der Waals surface area (Å²) in [7, 11) is 1.64. The predicted molar refractivity (Wildman–Crippen MR) is 80.4 cm³/mol. The number of hydrogen-bond donors (Lipinski definition) is 0. The molecular formula is C17H18O3. The Morgan fingerprint density at radius 3 is 2.45 bits per heavy atom. The summed E-state index contributed by atoms with van der Waals surface area (Å²) in [6, 6.07) is 7.83. The lowest BCUT2D eigenvalue weighted by Crippen LogP contribution is -2.09. The van der Waals surface area contributed by atoms with Crippen molar-refractivity contribution in [1.29, 1.82) is 0 Å². The highest BCUT2D eigenvalue weighted by Crippen LogP contribution is 2.37. The van der Waals surface area contributed by atoms with Gasteiger partial charge in [-0.3, -0.25) is 0 Å². The van der Waals surface area contributed by atoms with Gasteiger partial charge in [0.15, 0.2) is 0 Å². The molecule has 2 rings (SSSR count). The maximum Gasteiger partial charge on any atom is 0.338 e. The molecule has 0 aliphatic heterocycles. The molecule has 0 unspecified atom stereocenters. The molecule has 0 fully saturated rings. The molecule has 0 aliphatic carbocycles. The van der Waals surface area contributed by atoms with E-state index >= 15 is 0 Å². The van der Waals surface area contributed by atoms with Gasteiger partial charge in [0.1, 0.15) is 11.5 Å². The average molecular weight is 270 g/mol. The molecule has 3 nitrogen and oxygen atoms in total. The van der Waals surface area contributed by atoms with Gasteiger partial charge in [0.25, 0.3) is 0 Å². The largest absolute Gasteiger partial charge is 0.496 e. The molecule has 104 valence electrons. The van der Waals surface area contributed by atoms with Crippen molar-refractivity contribution in [3.05, 3.63) is 47.5 Å². The molecule has 0 heterocycles. The molecule has 0 aromatic heterocycles. The number of benzene rings is 2. The molecule has 0 N–H and O–H groups in total. The topological polar surface area (TPSA) is 35.5 Å². The Labute approximate surface area is 118 Å². The van der Waals surface area contributed by atoms with Crippen molar-refractivity contribution in [2.75, 3.05) is 7.11 Å². The van der Waals surface area contributed by atoms with E-state index in [0.717, 1.165) is 27.6 Å². The summed E-state index contributed by atoms with van der Waals surface area (Å²) < 4.78 is 10.9. The second-order valence-corrected chi connectivity index (χ2v) is 4.94. The molecule has 0 atom stereocenters. The Bertz CT molecular complexity index is 699. The van der Waals surface area contributed by atoms with E-state index in [4.69, 9.17) is 9.47 Å². The highest BCUT2D eigenvalue weighted by molar-refractivity contribution is 5.98. The Morgan fingerprint density at radius 2 is 1.85 bits per heavy atom. The van der Waals surface area contributed by atoms with Crippen molar-refractivity contribution in [3.8, 4) is 11.5 Å². The number of methoxy groups -OCH3 is 1. The lowest BCUT2D eigenvalue weighted by atomic mass is 10.0. The summed E-state index contributed by atoms with van der Waals surface area (Å²) in [5.41, 5.74) is 2.35. The van der Waals surface area contributed by atoms with E-state index in [0.29, 0.717) is 11.3 Å². The van der Waals surface area contributed by atoms with Crippen LogP contribution in [0.15, 0.2) is 36.4 Å². The van der Waals surface area contributed by atoms with E-state index in [9.17, 15) is 4.79 Å². The van der Waals surface area contributed by atoms with Crippen molar-refractivity contribution in [2.45, 2.75) is 20.8 Å². The van der Waals surface area contributed by atoms with Crippen molar-refractivity contribution >= 4 is 16.7 Å². The van der Waals surface area contributed by atoms with Crippen molar-refractivity contribution in [1.82, 2.24) is 0 Å². The first kappa shape index (κ1) is 14.1. The van der Waals surface area contributed by atoms with Gasteiger partial charge in [-0.15, -0.1) is 0 Å². The van der Waals surface area contributed by atoms with Gasteiger partial charge in [0.05, 0.1) is 7.11 Å². The number of rotatable bonds is 3. The van der Waals surface area contributed by atoms with Gasteiger partial charge in [0, 0.05) is 16.3 Å². The Morgan fingerprint density at radius 1 is 1.15 bits per heavy atom. The minimum Gasteiger partial charge on any atom is -0.496 e. The maximum atomic E-state index is 11.8. The Balaban J connectivity index is 2.68. The monoisotopic (exact) mass is 270 g/mol. The molecule has 0 saturated heterocycles. The number of esters is 1. The average Bonchev–Trinajstić information content (AvgIpc) is 2.41. The Hall–Kier alpha value is -2.29. The number of fused-ring (bicyclic) bond motifs is 1. The van der Waals surface area contributed by atoms with Gasteiger partial charge < -0.3 is 9.47 Å². The van der Waals surface area contributed by atoms with Gasteiger partial charge in [-0.1, -0.05) is 24.3 Å². The number of ether oxygens (including phenoxy) is 2. The fourth-order valence-electron chi connectivity index (χ4n) is 2.10. The molecule has 3 heteroatoms. The molecule has 0 amide bonds. The first-order valence-corrected chi connectivity index (χ1v) is 6.39. The minimum atomic E-state index is -0.417. The first-order chi connectivity index (χ1) is 9.43. The van der Waals surface area contributed by atoms with Crippen molar-refractivity contribution in [2.24, 2.45) is 0 Å². The normalized spacial score (nSPS) is 10.4. The standard InChI is InChI=1S/C17H18O3/c1-10(2)17(18)20-16-12(4)9-15(19-5)14-8-11(3)6-7-13(14)16/h6-9H,1H2,2-5H3. The van der Waals surface area contributed by atoms with Crippen LogP contribution in [0.25, 0.3) is 10.8 Å². The number of hydrogen-bond acceptors (Lipinski definition) is 3. The molecule has 0 spiro atoms. The summed E-state index contributed by atoms with van der Waals surface area (Å²) in [5, 5.41) is 1.80. The third-order valence-electron chi connectivity index (χ3n) is 3.15. The summed E-state index contributed by atoms with van der Waals surface area (Å²) in [4.78, 5) is 11.8. The molecular weight excluding hydrogens is 252 g/mol. The fraction of sp³-hybridized carbons (Fsp3) is 0.235. The number of aryl methyl sites for hydroxylation is 2. The molecule has 0 radical (unpaired) electrons. The van der Waals surface area contributed by atoms with E-state index in [1.165, 1.54) is 0 Å². The van der Waals surface area contributed by atoms with Gasteiger partial charge in [-0.2, -0.15) is 0 Å². The lowest BCUT2D eigenvalue weighted by Gasteiger charge is -2.14. The van der Waals surface area contributed by atoms with E-state index in [-0.39, 0.29) is 0 Å². The van der Waals surface area contributed by atoms with E-state index in [2.05, 4.69) is 6.58 Å². The minimum absolute atomic E-state index is 0.375. The zero-order valence-electron chi connectivity index (χ0n) is 12.2. The SMILES string of the molecule is C=C(C)C(=O)Oc1c(C)cc(OC)c2cc(C)ccc12. The summed E-state index contributed by atoms with van der Waals surface area (Å²) in [6.45, 7) is 9.15. The van der Waals surface area contributed by atoms with Gasteiger partial charge in [-0.25, -0.2) is 4.79 Å². The molecule has 0 saturated carbocycles. The first-order valence-electron chi connectivity index (χ1n) is 6.39. The van der Waals surface area contributed by atoms with Crippen LogP contribution < -0.4 is 9.47 Å². The third-order valence-corrected chi connectivity index (χ3v) is 3.15. The number of carbonyl (C=O) groups excluding carboxylic acids is 1. The van der Waals surface area contributed by atoms with E-state index < -0.39 is 5.97 Å². The van der Waals surface area contributed by atoms with Crippen LogP contribution in [0.2, 0.25) is 0 Å². The second-order valence-electron chi connectivity index (χ2n) is 4.94. The van der Waals surface area contributed by atoms with E-state index in [1.807, 2.05) is 38.1 Å². The third kappa shape index (κ3) is 2.52. The van der Waals surface area contributed by atoms with Gasteiger partial charge in [0.2, 0.25) is 0 Å². The van der Waals surface area contributed by atoms with Crippen LogP contribution in [0.3, 0.4) is 0 Å². The number of carbonyl (C=O) groups is 1. The second kappa shape index (κ2) is 5.37. The molecule has 20 heavy (non-hydrogen) atoms. The highest BCUT2D eigenvalue weighted by Gasteiger charge is 2.15. The fourth-order valence-corrected chi connectivity index (χ4v) is 2.10. The van der Waals surface area contributed by atoms with Crippen LogP contribution in [-0.2, 0) is 4.79 Å². The van der Waals surface area contributed by atoms with Crippen LogP contribution in [0, 0.1) is 13.8 Å². The molecule has 2 aromatic rings. The van der Waals surface area contributed by atoms with Crippen molar-refractivity contribution in [3.63, 3.8) is 0 Å². The summed E-state index contributed by atoms with van der Waals surface area (Å²) in [6.07, 6.45) is 0. The quantitative estimate of drug-likeness (QED) is 0.481. The van der Waals surface area contributed by atoms with Crippen LogP contribution >= 0.6 is 0 Å². The van der Waals surface area contributed by atoms with Gasteiger partial charge >= 0.3 is 5.97 Å².